The summed E-state index contributed by atoms with van der Waals surface area (Å²) in [6.45, 7) is 21.4. The first-order chi connectivity index (χ1) is 8.80. The van der Waals surface area contributed by atoms with Gasteiger partial charge in [-0.15, -0.1) is 0 Å². The molecule has 0 unspecified atom stereocenters. The van der Waals surface area contributed by atoms with Gasteiger partial charge in [0.05, 0.1) is 0 Å². The van der Waals surface area contributed by atoms with E-state index in [9.17, 15) is 0 Å². The molecule has 0 nitrogen and oxygen atoms in total. The first-order valence-corrected chi connectivity index (χ1v) is 18.2. The van der Waals surface area contributed by atoms with Gasteiger partial charge in [-0.2, -0.15) is 0 Å². The van der Waals surface area contributed by atoms with E-state index < -0.39 is 17.3 Å². The Morgan fingerprint density at radius 2 is 0.800 bits per heavy atom. The van der Waals surface area contributed by atoms with Crippen molar-refractivity contribution >= 4 is 26.2 Å². The number of hydrogen-bond donors (Lipinski definition) is 0. The van der Waals surface area contributed by atoms with Gasteiger partial charge in [-0.25, -0.2) is 0 Å². The van der Waals surface area contributed by atoms with E-state index in [0.29, 0.717) is 16.2 Å². The monoisotopic (exact) mass is 410 g/mol. The summed E-state index contributed by atoms with van der Waals surface area (Å²) in [5.74, 6) is 0. The van der Waals surface area contributed by atoms with Gasteiger partial charge in [0.2, 0.25) is 0 Å². The Bertz CT molecular complexity index is 246. The standard InChI is InChI=1S/3C6H13.ClH.Sn/c3*1-5-6(2,3)4;;/h3*2,5H2,1,3-4H3;1H;/q;;;;+1/p-1. The van der Waals surface area contributed by atoms with Crippen molar-refractivity contribution in [3.05, 3.63) is 0 Å². The maximum atomic E-state index is 7.44. The van der Waals surface area contributed by atoms with Gasteiger partial charge in [-0.3, -0.25) is 0 Å². The molecule has 0 N–H and O–H groups in total. The fraction of sp³-hybridized carbons (Fsp3) is 1.00. The molecular formula is C18H39ClSn. The van der Waals surface area contributed by atoms with E-state index in [2.05, 4.69) is 62.3 Å². The van der Waals surface area contributed by atoms with Crippen LogP contribution >= 0.6 is 8.92 Å². The Labute approximate surface area is 137 Å². The average Bonchev–Trinajstić information content (AvgIpc) is 2.26. The van der Waals surface area contributed by atoms with Crippen LogP contribution in [0.1, 0.15) is 81.6 Å². The number of hydrogen-bond acceptors (Lipinski definition) is 0. The van der Waals surface area contributed by atoms with Crippen molar-refractivity contribution in [1.29, 1.82) is 0 Å². The molecule has 0 aromatic carbocycles. The molecule has 0 saturated carbocycles. The molecule has 0 amide bonds. The molecule has 0 radical (unpaired) electrons. The molecule has 122 valence electrons. The van der Waals surface area contributed by atoms with Crippen LogP contribution in [-0.2, 0) is 0 Å². The summed E-state index contributed by atoms with van der Waals surface area (Å²) in [4.78, 5) is 0. The zero-order chi connectivity index (χ0) is 16.2. The minimum absolute atomic E-state index is 0.422. The summed E-state index contributed by atoms with van der Waals surface area (Å²) in [5.41, 5.74) is 1.27. The van der Waals surface area contributed by atoms with Crippen molar-refractivity contribution in [2.24, 2.45) is 16.2 Å². The van der Waals surface area contributed by atoms with Crippen LogP contribution in [0.2, 0.25) is 13.3 Å². The third kappa shape index (κ3) is 7.92. The predicted octanol–water partition coefficient (Wildman–Crippen LogP) is 7.48. The normalized spacial score (nSPS) is 14.7. The van der Waals surface area contributed by atoms with Crippen LogP contribution in [0.15, 0.2) is 0 Å². The molecule has 0 fully saturated rings. The summed E-state index contributed by atoms with van der Waals surface area (Å²) in [5, 5.41) is 0. The molecule has 0 aliphatic rings. The quantitative estimate of drug-likeness (QED) is 0.346. The Hall–Kier alpha value is 1.09. The zero-order valence-electron chi connectivity index (χ0n) is 15.6. The molecule has 0 heterocycles. The molecule has 2 heteroatoms. The van der Waals surface area contributed by atoms with E-state index in [1.54, 1.807) is 0 Å². The van der Waals surface area contributed by atoms with Gasteiger partial charge in [0.25, 0.3) is 0 Å². The van der Waals surface area contributed by atoms with Crippen LogP contribution in [0.4, 0.5) is 0 Å². The number of halogens is 1. The molecule has 0 aliphatic heterocycles. The summed E-state index contributed by atoms with van der Waals surface area (Å²) >= 11 is -2.60. The molecule has 0 saturated heterocycles. The average molecular weight is 410 g/mol. The molecule has 20 heavy (non-hydrogen) atoms. The minimum atomic E-state index is -2.60. The van der Waals surface area contributed by atoms with Gasteiger partial charge in [0.1, 0.15) is 0 Å². The van der Waals surface area contributed by atoms with E-state index in [1.807, 2.05) is 0 Å². The van der Waals surface area contributed by atoms with Gasteiger partial charge >= 0.3 is 137 Å². The molecule has 0 bridgehead atoms. The van der Waals surface area contributed by atoms with Gasteiger partial charge in [-0.1, -0.05) is 0 Å². The van der Waals surface area contributed by atoms with Crippen LogP contribution in [0.3, 0.4) is 0 Å². The Morgan fingerprint density at radius 3 is 0.950 bits per heavy atom. The molecule has 0 rings (SSSR count). The summed E-state index contributed by atoms with van der Waals surface area (Å²) in [7, 11) is 7.44. The molecule has 0 aromatic heterocycles. The van der Waals surface area contributed by atoms with Crippen molar-refractivity contribution in [1.82, 2.24) is 0 Å². The van der Waals surface area contributed by atoms with Crippen molar-refractivity contribution in [2.75, 3.05) is 0 Å². The van der Waals surface area contributed by atoms with Crippen LogP contribution < -0.4 is 0 Å². The van der Waals surface area contributed by atoms with E-state index >= 15 is 0 Å². The van der Waals surface area contributed by atoms with Gasteiger partial charge in [0, 0.05) is 0 Å². The van der Waals surface area contributed by atoms with Crippen molar-refractivity contribution in [3.63, 3.8) is 0 Å². The van der Waals surface area contributed by atoms with Gasteiger partial charge < -0.3 is 0 Å². The van der Waals surface area contributed by atoms with Crippen molar-refractivity contribution in [3.8, 4) is 0 Å². The second-order valence-corrected chi connectivity index (χ2v) is 24.2. The SMILES string of the molecule is CCC(C)(C)[CH2][Sn]([Cl])([CH2]C(C)(C)CC)[CH2]C(C)(C)CC. The fourth-order valence-corrected chi connectivity index (χ4v) is 28.3. The third-order valence-electron chi connectivity index (χ3n) is 5.26. The topological polar surface area (TPSA) is 0 Å². The Balaban J connectivity index is 5.23. The van der Waals surface area contributed by atoms with E-state index in [4.69, 9.17) is 8.92 Å². The summed E-state index contributed by atoms with van der Waals surface area (Å²) in [6, 6.07) is 0. The molecule has 0 aliphatic carbocycles. The predicted molar refractivity (Wildman–Crippen MR) is 98.2 cm³/mol. The third-order valence-corrected chi connectivity index (χ3v) is 21.6. The van der Waals surface area contributed by atoms with E-state index in [-0.39, 0.29) is 0 Å². The molecule has 0 atom stereocenters. The maximum absolute atomic E-state index is 7.44. The van der Waals surface area contributed by atoms with Crippen LogP contribution in [0, 0.1) is 16.2 Å². The van der Waals surface area contributed by atoms with Crippen LogP contribution in [-0.4, -0.2) is 17.3 Å². The summed E-state index contributed by atoms with van der Waals surface area (Å²) < 4.78 is 3.98. The van der Waals surface area contributed by atoms with Crippen molar-refractivity contribution in [2.45, 2.75) is 94.9 Å². The Morgan fingerprint density at radius 1 is 0.600 bits per heavy atom. The van der Waals surface area contributed by atoms with Crippen molar-refractivity contribution < 1.29 is 0 Å². The molecule has 0 aromatic rings. The van der Waals surface area contributed by atoms with Gasteiger partial charge in [0.15, 0.2) is 0 Å². The van der Waals surface area contributed by atoms with E-state index in [0.717, 1.165) is 0 Å². The Kier molecular flexibility index (Phi) is 7.99. The zero-order valence-corrected chi connectivity index (χ0v) is 19.2. The number of rotatable bonds is 9. The molecular weight excluding hydrogens is 370 g/mol. The fourth-order valence-electron chi connectivity index (χ4n) is 3.14. The second kappa shape index (κ2) is 7.57. The first kappa shape index (κ1) is 21.1. The second-order valence-electron chi connectivity index (χ2n) is 9.23. The van der Waals surface area contributed by atoms with Crippen LogP contribution in [0.25, 0.3) is 0 Å². The first-order valence-electron chi connectivity index (χ1n) is 8.49. The molecule has 0 spiro atoms. The summed E-state index contributed by atoms with van der Waals surface area (Å²) in [6.07, 6.45) is 3.74. The van der Waals surface area contributed by atoms with E-state index in [1.165, 1.54) is 32.6 Å². The van der Waals surface area contributed by atoms with Gasteiger partial charge in [-0.05, 0) is 0 Å². The van der Waals surface area contributed by atoms with Crippen LogP contribution in [0.5, 0.6) is 0 Å².